The molecule has 1 aliphatic carbocycles. The van der Waals surface area contributed by atoms with Crippen LogP contribution in [0.15, 0.2) is 24.4 Å². The fraction of sp³-hybridized carbons (Fsp3) is 0.467. The summed E-state index contributed by atoms with van der Waals surface area (Å²) in [6, 6.07) is 6.13. The van der Waals surface area contributed by atoms with Crippen LogP contribution < -0.4 is 0 Å². The number of benzene rings is 1. The highest BCUT2D eigenvalue weighted by Gasteiger charge is 2.22. The molecule has 2 unspecified atom stereocenters. The Balaban J connectivity index is 2.01. The molecule has 1 fully saturated rings. The van der Waals surface area contributed by atoms with Crippen molar-refractivity contribution in [3.05, 3.63) is 35.0 Å². The van der Waals surface area contributed by atoms with E-state index in [2.05, 4.69) is 30.2 Å². The maximum Gasteiger partial charge on any atom is 0.0457 e. The minimum Gasteiger partial charge on any atom is -0.361 e. The molecule has 2 aromatic rings. The van der Waals surface area contributed by atoms with Crippen LogP contribution in [0, 0.1) is 5.92 Å². The van der Waals surface area contributed by atoms with Crippen LogP contribution in [0.25, 0.3) is 10.9 Å². The van der Waals surface area contributed by atoms with Gasteiger partial charge in [-0.2, -0.15) is 0 Å². The Hall–Kier alpha value is -0.950. The predicted molar refractivity (Wildman–Crippen MR) is 73.7 cm³/mol. The van der Waals surface area contributed by atoms with Crippen molar-refractivity contribution in [3.8, 4) is 0 Å². The van der Waals surface area contributed by atoms with Crippen molar-refractivity contribution >= 4 is 22.5 Å². The Morgan fingerprint density at radius 1 is 1.29 bits per heavy atom. The van der Waals surface area contributed by atoms with Crippen LogP contribution in [0.4, 0.5) is 0 Å². The first-order valence-electron chi connectivity index (χ1n) is 6.50. The molecule has 1 aromatic carbocycles. The molecule has 0 aliphatic heterocycles. The van der Waals surface area contributed by atoms with Gasteiger partial charge in [0.15, 0.2) is 0 Å². The van der Waals surface area contributed by atoms with Crippen molar-refractivity contribution < 1.29 is 0 Å². The standard InChI is InChI=1S/C15H18ClN/c1-10-3-2-4-11(7-10)14-9-17-15-6-5-12(16)8-13(14)15/h5-6,8-11,17H,2-4,7H2,1H3. The molecule has 0 spiro atoms. The second-order valence-electron chi connectivity index (χ2n) is 5.40. The SMILES string of the molecule is CC1CCCC(c2c[nH]c3ccc(Cl)cc23)C1. The fourth-order valence-corrected chi connectivity index (χ4v) is 3.34. The van der Waals surface area contributed by atoms with E-state index < -0.39 is 0 Å². The highest BCUT2D eigenvalue weighted by atomic mass is 35.5. The summed E-state index contributed by atoms with van der Waals surface area (Å²) in [6.45, 7) is 2.37. The number of hydrogen-bond donors (Lipinski definition) is 1. The minimum atomic E-state index is 0.714. The van der Waals surface area contributed by atoms with Crippen LogP contribution in [0.1, 0.15) is 44.1 Å². The number of hydrogen-bond acceptors (Lipinski definition) is 0. The van der Waals surface area contributed by atoms with Gasteiger partial charge in [0.2, 0.25) is 0 Å². The van der Waals surface area contributed by atoms with E-state index in [1.807, 2.05) is 6.07 Å². The Morgan fingerprint density at radius 2 is 2.18 bits per heavy atom. The third-order valence-electron chi connectivity index (χ3n) is 4.05. The summed E-state index contributed by atoms with van der Waals surface area (Å²) in [4.78, 5) is 3.37. The number of aromatic nitrogens is 1. The number of fused-ring (bicyclic) bond motifs is 1. The van der Waals surface area contributed by atoms with Crippen molar-refractivity contribution in [1.82, 2.24) is 4.98 Å². The van der Waals surface area contributed by atoms with Crippen molar-refractivity contribution in [2.24, 2.45) is 5.92 Å². The largest absolute Gasteiger partial charge is 0.361 e. The lowest BCUT2D eigenvalue weighted by molar-refractivity contribution is 0.345. The topological polar surface area (TPSA) is 15.8 Å². The van der Waals surface area contributed by atoms with Gasteiger partial charge in [-0.25, -0.2) is 0 Å². The lowest BCUT2D eigenvalue weighted by atomic mass is 9.79. The first-order valence-corrected chi connectivity index (χ1v) is 6.88. The Bertz CT molecular complexity index is 529. The van der Waals surface area contributed by atoms with Gasteiger partial charge in [-0.05, 0) is 48.4 Å². The van der Waals surface area contributed by atoms with E-state index in [4.69, 9.17) is 11.6 Å². The summed E-state index contributed by atoms with van der Waals surface area (Å²) in [6.07, 6.45) is 7.58. The van der Waals surface area contributed by atoms with E-state index >= 15 is 0 Å². The van der Waals surface area contributed by atoms with Crippen LogP contribution in [-0.4, -0.2) is 4.98 Å². The van der Waals surface area contributed by atoms with Crippen molar-refractivity contribution in [3.63, 3.8) is 0 Å². The molecule has 2 heteroatoms. The molecule has 3 rings (SSSR count). The van der Waals surface area contributed by atoms with Gasteiger partial charge in [0, 0.05) is 22.1 Å². The number of halogens is 1. The van der Waals surface area contributed by atoms with E-state index in [0.29, 0.717) is 5.92 Å². The molecule has 0 saturated heterocycles. The number of H-pyrrole nitrogens is 1. The molecule has 17 heavy (non-hydrogen) atoms. The van der Waals surface area contributed by atoms with Crippen molar-refractivity contribution in [2.45, 2.75) is 38.5 Å². The monoisotopic (exact) mass is 247 g/mol. The van der Waals surface area contributed by atoms with Gasteiger partial charge in [0.05, 0.1) is 0 Å². The van der Waals surface area contributed by atoms with E-state index in [9.17, 15) is 0 Å². The molecule has 1 N–H and O–H groups in total. The van der Waals surface area contributed by atoms with Crippen LogP contribution in [-0.2, 0) is 0 Å². The Morgan fingerprint density at radius 3 is 3.00 bits per heavy atom. The molecule has 1 heterocycles. The fourth-order valence-electron chi connectivity index (χ4n) is 3.17. The quantitative estimate of drug-likeness (QED) is 0.720. The molecule has 90 valence electrons. The first-order chi connectivity index (χ1) is 8.24. The lowest BCUT2D eigenvalue weighted by Gasteiger charge is -2.26. The lowest BCUT2D eigenvalue weighted by Crippen LogP contribution is -2.11. The van der Waals surface area contributed by atoms with Gasteiger partial charge in [-0.1, -0.05) is 31.4 Å². The molecule has 0 amide bonds. The summed E-state index contributed by atoms with van der Waals surface area (Å²) >= 11 is 6.10. The van der Waals surface area contributed by atoms with E-state index in [0.717, 1.165) is 10.9 Å². The Labute approximate surface area is 107 Å². The number of nitrogens with one attached hydrogen (secondary N) is 1. The molecule has 1 aliphatic rings. The highest BCUT2D eigenvalue weighted by molar-refractivity contribution is 6.31. The maximum atomic E-state index is 6.10. The molecule has 2 atom stereocenters. The second-order valence-corrected chi connectivity index (χ2v) is 5.84. The smallest absolute Gasteiger partial charge is 0.0457 e. The summed E-state index contributed by atoms with van der Waals surface area (Å²) in [5, 5.41) is 2.15. The van der Waals surface area contributed by atoms with Crippen molar-refractivity contribution in [1.29, 1.82) is 0 Å². The molecule has 1 nitrogen and oxygen atoms in total. The second kappa shape index (κ2) is 4.38. The third-order valence-corrected chi connectivity index (χ3v) is 4.29. The number of rotatable bonds is 1. The van der Waals surface area contributed by atoms with Gasteiger partial charge in [-0.15, -0.1) is 0 Å². The van der Waals surface area contributed by atoms with Crippen molar-refractivity contribution in [2.75, 3.05) is 0 Å². The first kappa shape index (κ1) is 11.2. The van der Waals surface area contributed by atoms with E-state index in [-0.39, 0.29) is 0 Å². The molecule has 0 bridgehead atoms. The normalized spacial score (nSPS) is 25.3. The maximum absolute atomic E-state index is 6.10. The van der Waals surface area contributed by atoms with Gasteiger partial charge >= 0.3 is 0 Å². The zero-order valence-electron chi connectivity index (χ0n) is 10.2. The van der Waals surface area contributed by atoms with E-state index in [1.165, 1.54) is 42.1 Å². The van der Waals surface area contributed by atoms with Crippen LogP contribution in [0.3, 0.4) is 0 Å². The van der Waals surface area contributed by atoms with Crippen LogP contribution in [0.5, 0.6) is 0 Å². The molecule has 1 saturated carbocycles. The summed E-state index contributed by atoms with van der Waals surface area (Å²) in [7, 11) is 0. The zero-order valence-corrected chi connectivity index (χ0v) is 10.9. The Kier molecular flexibility index (Phi) is 2.87. The predicted octanol–water partition coefficient (Wildman–Crippen LogP) is 5.12. The number of aromatic amines is 1. The highest BCUT2D eigenvalue weighted by Crippen LogP contribution is 2.39. The third kappa shape index (κ3) is 2.09. The molecule has 0 radical (unpaired) electrons. The summed E-state index contributed by atoms with van der Waals surface area (Å²) in [5.41, 5.74) is 2.68. The van der Waals surface area contributed by atoms with Gasteiger partial charge in [0.1, 0.15) is 0 Å². The summed E-state index contributed by atoms with van der Waals surface area (Å²) < 4.78 is 0. The van der Waals surface area contributed by atoms with E-state index in [1.54, 1.807) is 0 Å². The van der Waals surface area contributed by atoms with Crippen LogP contribution in [0.2, 0.25) is 5.02 Å². The molecule has 1 aromatic heterocycles. The minimum absolute atomic E-state index is 0.714. The average Bonchev–Trinajstić information content (AvgIpc) is 2.71. The zero-order chi connectivity index (χ0) is 11.8. The summed E-state index contributed by atoms with van der Waals surface area (Å²) in [5.74, 6) is 1.57. The van der Waals surface area contributed by atoms with Gasteiger partial charge < -0.3 is 4.98 Å². The van der Waals surface area contributed by atoms with Gasteiger partial charge in [-0.3, -0.25) is 0 Å². The molecular formula is C15H18ClN. The average molecular weight is 248 g/mol. The van der Waals surface area contributed by atoms with Crippen LogP contribution >= 0.6 is 11.6 Å². The molecular weight excluding hydrogens is 230 g/mol. The van der Waals surface area contributed by atoms with Gasteiger partial charge in [0.25, 0.3) is 0 Å².